The van der Waals surface area contributed by atoms with Crippen molar-refractivity contribution < 1.29 is 9.15 Å². The maximum absolute atomic E-state index is 7.27. The first-order valence-corrected chi connectivity index (χ1v) is 23.7. The van der Waals surface area contributed by atoms with E-state index in [9.17, 15) is 0 Å². The van der Waals surface area contributed by atoms with E-state index < -0.39 is 5.41 Å². The SMILES string of the molecule is c1ccc(N(c2ccc3c(c2)oc2ccccc23)c2ccc3sc4ccccc4c3c2)c(-c2cccc3c2-c2ccccc2C32c3ccc4ccccc4c3Oc3c2ccc2ccccc32)c1. The number of ether oxygens (including phenoxy) is 1. The summed E-state index contributed by atoms with van der Waals surface area (Å²) in [6, 6.07) is 82.1. The van der Waals surface area contributed by atoms with E-state index in [0.717, 1.165) is 88.7 Å². The van der Waals surface area contributed by atoms with Crippen molar-refractivity contribution in [3.05, 3.63) is 247 Å². The Balaban J connectivity index is 1.02. The molecule has 1 aliphatic heterocycles. The molecule has 0 saturated carbocycles. The van der Waals surface area contributed by atoms with Gasteiger partial charge in [0.25, 0.3) is 0 Å². The molecule has 11 aromatic carbocycles. The first kappa shape index (κ1) is 36.9. The minimum absolute atomic E-state index is 0.662. The quantitative estimate of drug-likeness (QED) is 0.176. The number of rotatable bonds is 4. The summed E-state index contributed by atoms with van der Waals surface area (Å²) in [6.45, 7) is 0. The smallest absolute Gasteiger partial charge is 0.140 e. The molecule has 13 aromatic rings. The van der Waals surface area contributed by atoms with Crippen molar-refractivity contribution in [2.75, 3.05) is 4.90 Å². The largest absolute Gasteiger partial charge is 0.456 e. The summed E-state index contributed by atoms with van der Waals surface area (Å²) in [6.07, 6.45) is 0. The van der Waals surface area contributed by atoms with Gasteiger partial charge in [0, 0.05) is 75.8 Å². The molecule has 67 heavy (non-hydrogen) atoms. The predicted molar refractivity (Wildman–Crippen MR) is 279 cm³/mol. The molecule has 2 aliphatic rings. The van der Waals surface area contributed by atoms with Gasteiger partial charge in [0.1, 0.15) is 22.7 Å². The molecule has 0 bridgehead atoms. The second-order valence-electron chi connectivity index (χ2n) is 17.9. The molecule has 3 nitrogen and oxygen atoms in total. The van der Waals surface area contributed by atoms with Gasteiger partial charge < -0.3 is 14.1 Å². The number of benzene rings is 11. The lowest BCUT2D eigenvalue weighted by molar-refractivity contribution is 0.447. The second kappa shape index (κ2) is 13.8. The van der Waals surface area contributed by atoms with Crippen molar-refractivity contribution in [1.29, 1.82) is 0 Å². The fourth-order valence-electron chi connectivity index (χ4n) is 11.7. The fourth-order valence-corrected chi connectivity index (χ4v) is 12.8. The van der Waals surface area contributed by atoms with E-state index in [-0.39, 0.29) is 0 Å². The van der Waals surface area contributed by atoms with Crippen LogP contribution in [0.4, 0.5) is 17.1 Å². The lowest BCUT2D eigenvalue weighted by Gasteiger charge is -2.40. The zero-order valence-electron chi connectivity index (χ0n) is 36.0. The molecule has 4 heteroatoms. The predicted octanol–water partition coefficient (Wildman–Crippen LogP) is 17.9. The lowest BCUT2D eigenvalue weighted by Crippen LogP contribution is -2.32. The third-order valence-corrected chi connectivity index (χ3v) is 15.7. The Morgan fingerprint density at radius 1 is 0.358 bits per heavy atom. The molecule has 3 heterocycles. The van der Waals surface area contributed by atoms with Gasteiger partial charge in [-0.15, -0.1) is 11.3 Å². The maximum atomic E-state index is 7.27. The van der Waals surface area contributed by atoms with E-state index in [1.54, 1.807) is 0 Å². The van der Waals surface area contributed by atoms with Crippen LogP contribution in [-0.2, 0) is 5.41 Å². The minimum Gasteiger partial charge on any atom is -0.456 e. The van der Waals surface area contributed by atoms with Gasteiger partial charge in [-0.3, -0.25) is 0 Å². The molecular formula is C63H37NO2S. The van der Waals surface area contributed by atoms with Crippen molar-refractivity contribution in [1.82, 2.24) is 0 Å². The Hall–Kier alpha value is -8.44. The van der Waals surface area contributed by atoms with Crippen LogP contribution in [0.2, 0.25) is 0 Å². The normalized spacial score (nSPS) is 13.3. The van der Waals surface area contributed by atoms with Gasteiger partial charge in [0.15, 0.2) is 0 Å². The van der Waals surface area contributed by atoms with Gasteiger partial charge in [-0.25, -0.2) is 0 Å². The molecule has 0 atom stereocenters. The van der Waals surface area contributed by atoms with E-state index in [1.807, 2.05) is 17.4 Å². The first-order chi connectivity index (χ1) is 33.2. The van der Waals surface area contributed by atoms with Gasteiger partial charge in [0.2, 0.25) is 0 Å². The van der Waals surface area contributed by atoms with Crippen molar-refractivity contribution in [2.45, 2.75) is 5.41 Å². The number of hydrogen-bond acceptors (Lipinski definition) is 4. The summed E-state index contributed by atoms with van der Waals surface area (Å²) in [4.78, 5) is 2.43. The summed E-state index contributed by atoms with van der Waals surface area (Å²) in [7, 11) is 0. The van der Waals surface area contributed by atoms with E-state index in [1.165, 1.54) is 48.0 Å². The van der Waals surface area contributed by atoms with Crippen LogP contribution >= 0.6 is 11.3 Å². The van der Waals surface area contributed by atoms with E-state index in [4.69, 9.17) is 9.15 Å². The molecule has 0 unspecified atom stereocenters. The molecule has 0 fully saturated rings. The van der Waals surface area contributed by atoms with Crippen molar-refractivity contribution >= 4 is 92.1 Å². The van der Waals surface area contributed by atoms with E-state index in [0.29, 0.717) is 0 Å². The van der Waals surface area contributed by atoms with Crippen LogP contribution in [0.25, 0.3) is 85.9 Å². The third-order valence-electron chi connectivity index (χ3n) is 14.5. The molecule has 312 valence electrons. The first-order valence-electron chi connectivity index (χ1n) is 22.9. The van der Waals surface area contributed by atoms with Gasteiger partial charge in [-0.2, -0.15) is 0 Å². The highest BCUT2D eigenvalue weighted by Crippen LogP contribution is 2.65. The van der Waals surface area contributed by atoms with Crippen LogP contribution in [0.1, 0.15) is 22.3 Å². The van der Waals surface area contributed by atoms with Gasteiger partial charge in [-0.05, 0) is 87.1 Å². The van der Waals surface area contributed by atoms with Crippen LogP contribution in [-0.4, -0.2) is 0 Å². The van der Waals surface area contributed by atoms with Crippen molar-refractivity contribution in [2.24, 2.45) is 0 Å². The fraction of sp³-hybridized carbons (Fsp3) is 0.0159. The number of hydrogen-bond donors (Lipinski definition) is 0. The molecule has 1 spiro atoms. The zero-order valence-corrected chi connectivity index (χ0v) is 36.9. The summed E-state index contributed by atoms with van der Waals surface area (Å²) >= 11 is 1.84. The summed E-state index contributed by atoms with van der Waals surface area (Å²) < 4.78 is 16.4. The zero-order chi connectivity index (χ0) is 43.8. The monoisotopic (exact) mass is 871 g/mol. The van der Waals surface area contributed by atoms with Crippen molar-refractivity contribution in [3.8, 4) is 33.8 Å². The standard InChI is InChI=1S/C63H37NO2S/c1-3-16-42-38(14-1)28-33-53-61(42)66-62-43-17-4-2-15-39(43)29-34-54(62)63(53)51-23-9-5-21-49(51)60-48(22-13-24-52(60)63)44-18-6-10-25-55(44)64(40-31-35-59-50(36-40)47-20-8-12-27-58(47)67-59)41-30-32-46-45-19-7-11-26-56(45)65-57(46)37-41/h1-37H. The number of anilines is 3. The topological polar surface area (TPSA) is 25.6 Å². The Morgan fingerprint density at radius 2 is 0.940 bits per heavy atom. The summed E-state index contributed by atoms with van der Waals surface area (Å²) in [5.41, 5.74) is 13.8. The second-order valence-corrected chi connectivity index (χ2v) is 18.9. The third kappa shape index (κ3) is 5.05. The molecule has 0 N–H and O–H groups in total. The molecular weight excluding hydrogens is 835 g/mol. The van der Waals surface area contributed by atoms with Crippen LogP contribution in [0, 0.1) is 0 Å². The average molecular weight is 872 g/mol. The van der Waals surface area contributed by atoms with Crippen LogP contribution in [0.15, 0.2) is 229 Å². The molecule has 1 aliphatic carbocycles. The number of thiophene rings is 1. The van der Waals surface area contributed by atoms with Crippen LogP contribution in [0.5, 0.6) is 11.5 Å². The van der Waals surface area contributed by atoms with Gasteiger partial charge >= 0.3 is 0 Å². The highest BCUT2D eigenvalue weighted by Gasteiger charge is 2.52. The Morgan fingerprint density at radius 3 is 1.75 bits per heavy atom. The summed E-state index contributed by atoms with van der Waals surface area (Å²) in [5, 5.41) is 9.27. The van der Waals surface area contributed by atoms with E-state index >= 15 is 0 Å². The molecule has 2 aromatic heterocycles. The van der Waals surface area contributed by atoms with Gasteiger partial charge in [0.05, 0.1) is 11.1 Å². The lowest BCUT2D eigenvalue weighted by atomic mass is 9.65. The van der Waals surface area contributed by atoms with Crippen molar-refractivity contribution in [3.63, 3.8) is 0 Å². The number of nitrogens with zero attached hydrogens (tertiary/aromatic N) is 1. The molecule has 15 rings (SSSR count). The van der Waals surface area contributed by atoms with Crippen LogP contribution < -0.4 is 9.64 Å². The number of fused-ring (bicyclic) bond motifs is 19. The Kier molecular flexibility index (Phi) is 7.58. The molecule has 0 amide bonds. The number of para-hydroxylation sites is 2. The Bertz CT molecular complexity index is 4150. The maximum Gasteiger partial charge on any atom is 0.140 e. The molecule has 0 saturated heterocycles. The summed E-state index contributed by atoms with van der Waals surface area (Å²) in [5.74, 6) is 1.83. The van der Waals surface area contributed by atoms with Crippen LogP contribution in [0.3, 0.4) is 0 Å². The molecule has 0 radical (unpaired) electrons. The number of furan rings is 1. The highest BCUT2D eigenvalue weighted by atomic mass is 32.1. The Labute approximate surface area is 390 Å². The van der Waals surface area contributed by atoms with Gasteiger partial charge in [-0.1, -0.05) is 170 Å². The minimum atomic E-state index is -0.662. The highest BCUT2D eigenvalue weighted by molar-refractivity contribution is 7.25. The average Bonchev–Trinajstić information content (AvgIpc) is 4.05. The van der Waals surface area contributed by atoms with E-state index in [2.05, 4.69) is 223 Å².